The second-order valence-electron chi connectivity index (χ2n) is 5.72. The van der Waals surface area contributed by atoms with Crippen LogP contribution in [0.4, 0.5) is 5.69 Å². The van der Waals surface area contributed by atoms with Crippen molar-refractivity contribution >= 4 is 54.8 Å². The Labute approximate surface area is 171 Å². The maximum absolute atomic E-state index is 12.7. The van der Waals surface area contributed by atoms with Crippen LogP contribution >= 0.6 is 39.1 Å². The van der Waals surface area contributed by atoms with Gasteiger partial charge in [-0.3, -0.25) is 4.72 Å². The fourth-order valence-corrected chi connectivity index (χ4v) is 4.16. The van der Waals surface area contributed by atoms with Crippen LogP contribution in [0, 0.1) is 0 Å². The second-order valence-corrected chi connectivity index (χ2v) is 9.19. The van der Waals surface area contributed by atoms with Crippen LogP contribution in [-0.4, -0.2) is 45.5 Å². The highest BCUT2D eigenvalue weighted by molar-refractivity contribution is 9.10. The molecule has 0 saturated heterocycles. The lowest BCUT2D eigenvalue weighted by molar-refractivity contribution is 0.274. The zero-order valence-electron chi connectivity index (χ0n) is 14.2. The summed E-state index contributed by atoms with van der Waals surface area (Å²) in [5.74, 6) is 0.198. The van der Waals surface area contributed by atoms with Gasteiger partial charge in [0.25, 0.3) is 10.0 Å². The minimum atomic E-state index is -3.91. The average molecular weight is 483 g/mol. The summed E-state index contributed by atoms with van der Waals surface area (Å²) in [4.78, 5) is 6.13. The Kier molecular flexibility index (Phi) is 7.54. The minimum absolute atomic E-state index is 0.0477. The number of sulfonamides is 1. The Bertz CT molecular complexity index is 859. The van der Waals surface area contributed by atoms with Crippen molar-refractivity contribution in [1.29, 1.82) is 0 Å². The molecule has 26 heavy (non-hydrogen) atoms. The molecule has 0 aliphatic carbocycles. The highest BCUT2D eigenvalue weighted by atomic mass is 79.9. The molecule has 0 unspecified atom stereocenters. The standard InChI is InChI=1S/C16H18BrCl2N3O3S/c1-22(2)4-3-5-25-16-15(6-11(17)10-20-16)21-26(23,24)14-8-12(18)7-13(19)9-14/h6-10,21H,3-5H2,1-2H3. The number of benzene rings is 1. The van der Waals surface area contributed by atoms with Gasteiger partial charge in [0.15, 0.2) is 0 Å². The van der Waals surface area contributed by atoms with Crippen molar-refractivity contribution in [3.63, 3.8) is 0 Å². The van der Waals surface area contributed by atoms with Gasteiger partial charge in [0.2, 0.25) is 5.88 Å². The van der Waals surface area contributed by atoms with Gasteiger partial charge >= 0.3 is 0 Å². The number of hydrogen-bond donors (Lipinski definition) is 1. The summed E-state index contributed by atoms with van der Waals surface area (Å²) in [7, 11) is 0.0221. The van der Waals surface area contributed by atoms with E-state index in [1.807, 2.05) is 19.0 Å². The normalized spacial score (nSPS) is 11.6. The molecule has 0 spiro atoms. The highest BCUT2D eigenvalue weighted by Crippen LogP contribution is 2.29. The molecule has 1 N–H and O–H groups in total. The predicted molar refractivity (Wildman–Crippen MR) is 108 cm³/mol. The van der Waals surface area contributed by atoms with E-state index in [9.17, 15) is 8.42 Å². The summed E-state index contributed by atoms with van der Waals surface area (Å²) in [5, 5.41) is 0.454. The van der Waals surface area contributed by atoms with Crippen molar-refractivity contribution in [1.82, 2.24) is 9.88 Å². The van der Waals surface area contributed by atoms with Crippen LogP contribution in [0.5, 0.6) is 5.88 Å². The molecule has 2 aromatic rings. The topological polar surface area (TPSA) is 71.5 Å². The molecule has 0 aliphatic heterocycles. The first-order valence-corrected chi connectivity index (χ1v) is 10.6. The first-order valence-electron chi connectivity index (χ1n) is 7.59. The summed E-state index contributed by atoms with van der Waals surface area (Å²) < 4.78 is 34.0. The molecule has 142 valence electrons. The van der Waals surface area contributed by atoms with Crippen LogP contribution in [0.25, 0.3) is 0 Å². The summed E-state index contributed by atoms with van der Waals surface area (Å²) in [6.45, 7) is 1.25. The van der Waals surface area contributed by atoms with Gasteiger partial charge in [-0.25, -0.2) is 13.4 Å². The van der Waals surface area contributed by atoms with E-state index in [1.165, 1.54) is 24.4 Å². The molecule has 0 radical (unpaired) electrons. The summed E-state index contributed by atoms with van der Waals surface area (Å²) in [5.41, 5.74) is 0.223. The SMILES string of the molecule is CN(C)CCCOc1ncc(Br)cc1NS(=O)(=O)c1cc(Cl)cc(Cl)c1. The van der Waals surface area contributed by atoms with Gasteiger partial charge in [-0.15, -0.1) is 0 Å². The van der Waals surface area contributed by atoms with E-state index in [0.29, 0.717) is 11.1 Å². The second kappa shape index (κ2) is 9.23. The lowest BCUT2D eigenvalue weighted by Gasteiger charge is -2.14. The van der Waals surface area contributed by atoms with Gasteiger partial charge in [0, 0.05) is 27.3 Å². The van der Waals surface area contributed by atoms with Crippen LogP contribution in [0.3, 0.4) is 0 Å². The van der Waals surface area contributed by atoms with Crippen molar-refractivity contribution in [3.8, 4) is 5.88 Å². The maximum Gasteiger partial charge on any atom is 0.262 e. The quantitative estimate of drug-likeness (QED) is 0.568. The molecule has 6 nitrogen and oxygen atoms in total. The van der Waals surface area contributed by atoms with Gasteiger partial charge in [0.1, 0.15) is 5.69 Å². The molecule has 2 rings (SSSR count). The van der Waals surface area contributed by atoms with Crippen LogP contribution in [0.15, 0.2) is 39.8 Å². The van der Waals surface area contributed by atoms with Gasteiger partial charge in [-0.1, -0.05) is 23.2 Å². The average Bonchev–Trinajstić information content (AvgIpc) is 2.51. The number of halogens is 3. The number of pyridine rings is 1. The number of ether oxygens (including phenoxy) is 1. The van der Waals surface area contributed by atoms with E-state index in [-0.39, 0.29) is 26.5 Å². The van der Waals surface area contributed by atoms with Crippen molar-refractivity contribution < 1.29 is 13.2 Å². The first-order chi connectivity index (χ1) is 12.2. The van der Waals surface area contributed by atoms with E-state index in [1.54, 1.807) is 6.07 Å². The summed E-state index contributed by atoms with van der Waals surface area (Å²) in [6.07, 6.45) is 2.32. The smallest absolute Gasteiger partial charge is 0.262 e. The molecule has 1 aromatic heterocycles. The molecule has 0 saturated carbocycles. The predicted octanol–water partition coefficient (Wildman–Crippen LogP) is 4.28. The van der Waals surface area contributed by atoms with Crippen molar-refractivity contribution in [2.24, 2.45) is 0 Å². The Balaban J connectivity index is 2.22. The zero-order valence-corrected chi connectivity index (χ0v) is 18.1. The highest BCUT2D eigenvalue weighted by Gasteiger charge is 2.19. The third kappa shape index (κ3) is 6.28. The van der Waals surface area contributed by atoms with Gasteiger partial charge in [-0.2, -0.15) is 0 Å². The molecular weight excluding hydrogens is 465 g/mol. The van der Waals surface area contributed by atoms with E-state index in [4.69, 9.17) is 27.9 Å². The molecule has 10 heteroatoms. The number of aromatic nitrogens is 1. The fraction of sp³-hybridized carbons (Fsp3) is 0.312. The van der Waals surface area contributed by atoms with Crippen molar-refractivity contribution in [2.45, 2.75) is 11.3 Å². The van der Waals surface area contributed by atoms with E-state index >= 15 is 0 Å². The Morgan fingerprint density at radius 2 is 1.85 bits per heavy atom. The van der Waals surface area contributed by atoms with E-state index in [0.717, 1.165) is 13.0 Å². The van der Waals surface area contributed by atoms with Crippen LogP contribution in [0.1, 0.15) is 6.42 Å². The monoisotopic (exact) mass is 481 g/mol. The van der Waals surface area contributed by atoms with Gasteiger partial charge in [-0.05, 0) is 60.7 Å². The number of nitrogens with zero attached hydrogens (tertiary/aromatic N) is 2. The molecule has 1 aromatic carbocycles. The molecule has 0 atom stereocenters. The third-order valence-electron chi connectivity index (χ3n) is 3.20. The minimum Gasteiger partial charge on any atom is -0.476 e. The Morgan fingerprint density at radius 3 is 2.46 bits per heavy atom. The molecular formula is C16H18BrCl2N3O3S. The maximum atomic E-state index is 12.7. The fourth-order valence-electron chi connectivity index (χ4n) is 2.05. The Morgan fingerprint density at radius 1 is 1.19 bits per heavy atom. The Hall–Kier alpha value is -1.06. The summed E-state index contributed by atoms with van der Waals surface area (Å²) >= 11 is 15.1. The number of hydrogen-bond acceptors (Lipinski definition) is 5. The lowest BCUT2D eigenvalue weighted by Crippen LogP contribution is -2.17. The number of rotatable bonds is 8. The molecule has 0 amide bonds. The van der Waals surface area contributed by atoms with Crippen LogP contribution in [0.2, 0.25) is 10.0 Å². The molecule has 1 heterocycles. The van der Waals surface area contributed by atoms with E-state index < -0.39 is 10.0 Å². The van der Waals surface area contributed by atoms with Gasteiger partial charge in [0.05, 0.1) is 11.5 Å². The lowest BCUT2D eigenvalue weighted by atomic mass is 10.4. The first kappa shape index (κ1) is 21.2. The van der Waals surface area contributed by atoms with Crippen molar-refractivity contribution in [2.75, 3.05) is 32.0 Å². The van der Waals surface area contributed by atoms with Crippen molar-refractivity contribution in [3.05, 3.63) is 45.0 Å². The number of anilines is 1. The van der Waals surface area contributed by atoms with Crippen LogP contribution < -0.4 is 9.46 Å². The molecule has 0 fully saturated rings. The molecule has 0 aliphatic rings. The van der Waals surface area contributed by atoms with Gasteiger partial charge < -0.3 is 9.64 Å². The van der Waals surface area contributed by atoms with E-state index in [2.05, 4.69) is 25.6 Å². The molecule has 0 bridgehead atoms. The summed E-state index contributed by atoms with van der Waals surface area (Å²) in [6, 6.07) is 5.68. The van der Waals surface area contributed by atoms with Crippen LogP contribution in [-0.2, 0) is 10.0 Å². The largest absolute Gasteiger partial charge is 0.476 e. The number of nitrogens with one attached hydrogen (secondary N) is 1. The third-order valence-corrected chi connectivity index (χ3v) is 5.41. The zero-order chi connectivity index (χ0) is 19.3.